The first-order valence-corrected chi connectivity index (χ1v) is 10.0. The van der Waals surface area contributed by atoms with E-state index < -0.39 is 21.5 Å². The van der Waals surface area contributed by atoms with Crippen molar-refractivity contribution >= 4 is 32.2 Å². The van der Waals surface area contributed by atoms with Crippen LogP contribution in [0.15, 0.2) is 59.1 Å². The summed E-state index contributed by atoms with van der Waals surface area (Å²) in [6, 6.07) is 9.52. The van der Waals surface area contributed by atoms with Gasteiger partial charge in [-0.15, -0.1) is 11.3 Å². The summed E-state index contributed by atoms with van der Waals surface area (Å²) in [7, 11) is -2.26. The quantitative estimate of drug-likeness (QED) is 0.696. The summed E-state index contributed by atoms with van der Waals surface area (Å²) in [5.41, 5.74) is 1.48. The van der Waals surface area contributed by atoms with Crippen LogP contribution in [0.25, 0.3) is 11.3 Å². The molecule has 3 rings (SSSR count). The van der Waals surface area contributed by atoms with E-state index in [1.165, 1.54) is 42.7 Å². The lowest BCUT2D eigenvalue weighted by molar-refractivity contribution is -0.113. The van der Waals surface area contributed by atoms with E-state index in [9.17, 15) is 13.2 Å². The summed E-state index contributed by atoms with van der Waals surface area (Å²) in [5.74, 6) is -0.770. The second-order valence-electron chi connectivity index (χ2n) is 5.26. The maximum atomic E-state index is 12.3. The molecule has 0 unspecified atom stereocenters. The van der Waals surface area contributed by atoms with E-state index in [1.807, 2.05) is 6.07 Å². The Labute approximate surface area is 154 Å². The van der Waals surface area contributed by atoms with Crippen molar-refractivity contribution < 1.29 is 17.9 Å². The number of sulfone groups is 1. The maximum absolute atomic E-state index is 12.3. The molecule has 0 aliphatic carbocycles. The first-order valence-electron chi connectivity index (χ1n) is 7.50. The van der Waals surface area contributed by atoms with Crippen LogP contribution in [0.3, 0.4) is 0 Å². The van der Waals surface area contributed by atoms with Gasteiger partial charge in [-0.25, -0.2) is 13.4 Å². The number of aromatic nitrogens is 2. The molecular formula is C17H15N3O4S2. The fourth-order valence-corrected chi connectivity index (χ4v) is 4.04. The van der Waals surface area contributed by atoms with Crippen molar-refractivity contribution in [2.24, 2.45) is 0 Å². The molecule has 0 saturated heterocycles. The lowest BCUT2D eigenvalue weighted by atomic mass is 10.2. The Kier molecular flexibility index (Phi) is 5.29. The molecule has 0 aliphatic rings. The molecule has 0 bridgehead atoms. The van der Waals surface area contributed by atoms with E-state index in [0.29, 0.717) is 16.6 Å². The van der Waals surface area contributed by atoms with Crippen LogP contribution >= 0.6 is 11.3 Å². The Morgan fingerprint density at radius 1 is 1.23 bits per heavy atom. The number of ether oxygens (including phenoxy) is 1. The van der Waals surface area contributed by atoms with Gasteiger partial charge in [0.2, 0.25) is 5.91 Å². The Morgan fingerprint density at radius 3 is 2.65 bits per heavy atom. The van der Waals surface area contributed by atoms with Crippen LogP contribution in [0, 0.1) is 0 Å². The zero-order valence-electron chi connectivity index (χ0n) is 13.7. The molecule has 9 heteroatoms. The molecule has 7 nitrogen and oxygen atoms in total. The number of benzene rings is 1. The molecule has 0 atom stereocenters. The van der Waals surface area contributed by atoms with Crippen molar-refractivity contribution in [3.63, 3.8) is 0 Å². The number of nitrogens with zero attached hydrogens (tertiary/aromatic N) is 2. The van der Waals surface area contributed by atoms with Gasteiger partial charge in [0.1, 0.15) is 11.5 Å². The molecule has 26 heavy (non-hydrogen) atoms. The predicted molar refractivity (Wildman–Crippen MR) is 99.0 cm³/mol. The van der Waals surface area contributed by atoms with Crippen molar-refractivity contribution in [1.82, 2.24) is 9.97 Å². The average Bonchev–Trinajstić information content (AvgIpc) is 3.10. The van der Waals surface area contributed by atoms with Gasteiger partial charge in [-0.05, 0) is 36.4 Å². The zero-order chi connectivity index (χ0) is 18.6. The lowest BCUT2D eigenvalue weighted by Crippen LogP contribution is -2.22. The number of carbonyl (C=O) groups is 1. The van der Waals surface area contributed by atoms with Crippen molar-refractivity contribution in [3.8, 4) is 17.0 Å². The fourth-order valence-electron chi connectivity index (χ4n) is 2.17. The molecule has 1 amide bonds. The van der Waals surface area contributed by atoms with Crippen LogP contribution in [-0.4, -0.2) is 37.2 Å². The minimum absolute atomic E-state index is 0.0589. The highest BCUT2D eigenvalue weighted by atomic mass is 32.2. The third kappa shape index (κ3) is 4.24. The molecule has 134 valence electrons. The van der Waals surface area contributed by atoms with Gasteiger partial charge in [0.15, 0.2) is 15.0 Å². The highest BCUT2D eigenvalue weighted by Crippen LogP contribution is 2.24. The normalized spacial score (nSPS) is 11.1. The molecule has 2 heterocycles. The van der Waals surface area contributed by atoms with Crippen LogP contribution in [0.2, 0.25) is 0 Å². The second-order valence-corrected chi connectivity index (χ2v) is 8.11. The summed E-state index contributed by atoms with van der Waals surface area (Å²) in [5, 5.41) is 4.63. The third-order valence-electron chi connectivity index (χ3n) is 3.45. The van der Waals surface area contributed by atoms with E-state index in [1.54, 1.807) is 23.8 Å². The summed E-state index contributed by atoms with van der Waals surface area (Å²) in [6.07, 6.45) is 3.32. The van der Waals surface area contributed by atoms with E-state index in [4.69, 9.17) is 4.74 Å². The number of thiazole rings is 1. The van der Waals surface area contributed by atoms with E-state index >= 15 is 0 Å². The predicted octanol–water partition coefficient (Wildman–Crippen LogP) is 2.63. The van der Waals surface area contributed by atoms with Crippen LogP contribution in [-0.2, 0) is 14.6 Å². The molecule has 1 N–H and O–H groups in total. The zero-order valence-corrected chi connectivity index (χ0v) is 15.4. The topological polar surface area (TPSA) is 98.2 Å². The van der Waals surface area contributed by atoms with E-state index in [0.717, 1.165) is 5.56 Å². The highest BCUT2D eigenvalue weighted by Gasteiger charge is 2.20. The lowest BCUT2D eigenvalue weighted by Gasteiger charge is -2.05. The average molecular weight is 389 g/mol. The SMILES string of the molecule is COc1ccc(S(=O)(=O)CC(=O)Nc2nc(-c3cccnc3)cs2)cc1. The molecule has 3 aromatic rings. The number of nitrogens with one attached hydrogen (secondary N) is 1. The van der Waals surface area contributed by atoms with Crippen LogP contribution in [0.1, 0.15) is 0 Å². The number of hydrogen-bond acceptors (Lipinski definition) is 7. The fraction of sp³-hybridized carbons (Fsp3) is 0.118. The van der Waals surface area contributed by atoms with E-state index in [2.05, 4.69) is 15.3 Å². The smallest absolute Gasteiger partial charge is 0.241 e. The Hall–Kier alpha value is -2.78. The van der Waals surface area contributed by atoms with Crippen molar-refractivity contribution in [2.75, 3.05) is 18.2 Å². The second kappa shape index (κ2) is 7.63. The molecule has 2 aromatic heterocycles. The van der Waals surface area contributed by atoms with Crippen molar-refractivity contribution in [2.45, 2.75) is 4.90 Å². The molecular weight excluding hydrogens is 374 g/mol. The summed E-state index contributed by atoms with van der Waals surface area (Å²) in [6.45, 7) is 0. The van der Waals surface area contributed by atoms with Crippen molar-refractivity contribution in [3.05, 3.63) is 54.2 Å². The number of rotatable bonds is 6. The maximum Gasteiger partial charge on any atom is 0.241 e. The van der Waals surface area contributed by atoms with Gasteiger partial charge in [0.25, 0.3) is 0 Å². The van der Waals surface area contributed by atoms with Crippen LogP contribution < -0.4 is 10.1 Å². The number of carbonyl (C=O) groups excluding carboxylic acids is 1. The van der Waals surface area contributed by atoms with Crippen molar-refractivity contribution in [1.29, 1.82) is 0 Å². The monoisotopic (exact) mass is 389 g/mol. The number of pyridine rings is 1. The number of methoxy groups -OCH3 is 1. The first kappa shape index (κ1) is 18.0. The molecule has 1 aromatic carbocycles. The Balaban J connectivity index is 1.67. The minimum atomic E-state index is -3.75. The molecule has 0 fully saturated rings. The van der Waals surface area contributed by atoms with Gasteiger partial charge in [-0.1, -0.05) is 0 Å². The largest absolute Gasteiger partial charge is 0.497 e. The van der Waals surface area contributed by atoms with E-state index in [-0.39, 0.29) is 4.90 Å². The summed E-state index contributed by atoms with van der Waals surface area (Å²) in [4.78, 5) is 20.5. The highest BCUT2D eigenvalue weighted by molar-refractivity contribution is 7.92. The summed E-state index contributed by atoms with van der Waals surface area (Å²) < 4.78 is 29.7. The molecule has 0 saturated carbocycles. The van der Waals surface area contributed by atoms with Gasteiger partial charge in [0, 0.05) is 23.3 Å². The first-order chi connectivity index (χ1) is 12.5. The number of hydrogen-bond donors (Lipinski definition) is 1. The molecule has 0 spiro atoms. The third-order valence-corrected chi connectivity index (χ3v) is 5.84. The Bertz CT molecular complexity index is 1000. The van der Waals surface area contributed by atoms with Crippen LogP contribution in [0.4, 0.5) is 5.13 Å². The summed E-state index contributed by atoms with van der Waals surface area (Å²) >= 11 is 1.22. The van der Waals surface area contributed by atoms with Gasteiger partial charge in [-0.2, -0.15) is 0 Å². The van der Waals surface area contributed by atoms with Crippen LogP contribution in [0.5, 0.6) is 5.75 Å². The minimum Gasteiger partial charge on any atom is -0.497 e. The van der Waals surface area contributed by atoms with Gasteiger partial charge >= 0.3 is 0 Å². The molecule has 0 aliphatic heterocycles. The van der Waals surface area contributed by atoms with Gasteiger partial charge < -0.3 is 10.1 Å². The number of anilines is 1. The number of amides is 1. The standard InChI is InChI=1S/C17H15N3O4S2/c1-24-13-4-6-14(7-5-13)26(22,23)11-16(21)20-17-19-15(10-25-17)12-3-2-8-18-9-12/h2-10H,11H2,1H3,(H,19,20,21). The van der Waals surface area contributed by atoms with Gasteiger partial charge in [0.05, 0.1) is 17.7 Å². The van der Waals surface area contributed by atoms with Gasteiger partial charge in [-0.3, -0.25) is 9.78 Å². The Morgan fingerprint density at radius 2 is 2.00 bits per heavy atom. The molecule has 0 radical (unpaired) electrons.